The number of fused-ring (bicyclic) bond motifs is 3. The fourth-order valence-electron chi connectivity index (χ4n) is 4.58. The number of rotatable bonds is 4. The molecule has 0 radical (unpaired) electrons. The van der Waals surface area contributed by atoms with Crippen molar-refractivity contribution in [1.82, 2.24) is 19.1 Å². The molecule has 1 aliphatic carbocycles. The Morgan fingerprint density at radius 2 is 2.06 bits per heavy atom. The number of oxime groups is 1. The maximum absolute atomic E-state index is 7.44. The van der Waals surface area contributed by atoms with Crippen LogP contribution < -0.4 is 4.84 Å². The van der Waals surface area contributed by atoms with E-state index < -0.39 is 0 Å². The first-order valence-electron chi connectivity index (χ1n) is 10.7. The smallest absolute Gasteiger partial charge is 0.255 e. The third kappa shape index (κ3) is 3.34. The second-order valence-corrected chi connectivity index (χ2v) is 8.22. The van der Waals surface area contributed by atoms with Crippen molar-refractivity contribution in [3.8, 4) is 5.88 Å². The zero-order valence-corrected chi connectivity index (χ0v) is 18.4. The SMILES string of the molecule is [C-]#[N+]c1ccc(C)nc1ON=C1c2c(n(C)c3ccccc23)CCC1Cn1ccnc1C. The fourth-order valence-corrected chi connectivity index (χ4v) is 4.58. The molecule has 7 nitrogen and oxygen atoms in total. The van der Waals surface area contributed by atoms with Crippen molar-refractivity contribution in [3.05, 3.63) is 83.0 Å². The van der Waals surface area contributed by atoms with Crippen LogP contribution in [0.25, 0.3) is 15.7 Å². The lowest BCUT2D eigenvalue weighted by Crippen LogP contribution is -2.28. The number of aryl methyl sites for hydroxylation is 3. The highest BCUT2D eigenvalue weighted by molar-refractivity contribution is 6.13. The van der Waals surface area contributed by atoms with Gasteiger partial charge < -0.3 is 14.0 Å². The summed E-state index contributed by atoms with van der Waals surface area (Å²) in [6.07, 6.45) is 5.75. The summed E-state index contributed by atoms with van der Waals surface area (Å²) in [5.74, 6) is 1.38. The molecule has 4 aromatic rings. The van der Waals surface area contributed by atoms with Gasteiger partial charge in [-0.05, 0) is 38.8 Å². The summed E-state index contributed by atoms with van der Waals surface area (Å²) >= 11 is 0. The lowest BCUT2D eigenvalue weighted by atomic mass is 9.84. The first-order chi connectivity index (χ1) is 15.6. The van der Waals surface area contributed by atoms with E-state index in [4.69, 9.17) is 11.4 Å². The zero-order chi connectivity index (χ0) is 22.2. The van der Waals surface area contributed by atoms with E-state index in [2.05, 4.69) is 60.4 Å². The largest absolute Gasteiger partial charge is 0.348 e. The Balaban J connectivity index is 1.64. The number of aromatic nitrogens is 4. The Hall–Kier alpha value is -3.92. The van der Waals surface area contributed by atoms with Crippen LogP contribution in [0.3, 0.4) is 0 Å². The molecule has 0 fully saturated rings. The molecule has 1 aliphatic rings. The summed E-state index contributed by atoms with van der Waals surface area (Å²) in [5, 5.41) is 5.83. The average molecular weight is 425 g/mol. The molecule has 0 N–H and O–H groups in total. The van der Waals surface area contributed by atoms with Crippen LogP contribution in [0.4, 0.5) is 5.69 Å². The Bertz CT molecular complexity index is 1390. The second-order valence-electron chi connectivity index (χ2n) is 8.22. The van der Waals surface area contributed by atoms with Gasteiger partial charge in [-0.1, -0.05) is 29.4 Å². The molecular formula is C25H24N6O. The van der Waals surface area contributed by atoms with Crippen molar-refractivity contribution >= 4 is 22.3 Å². The molecule has 1 atom stereocenters. The van der Waals surface area contributed by atoms with Crippen molar-refractivity contribution in [2.24, 2.45) is 18.1 Å². The minimum absolute atomic E-state index is 0.155. The van der Waals surface area contributed by atoms with Crippen molar-refractivity contribution in [2.75, 3.05) is 0 Å². The molecule has 0 saturated carbocycles. The monoisotopic (exact) mass is 424 g/mol. The van der Waals surface area contributed by atoms with Gasteiger partial charge in [0.25, 0.3) is 11.6 Å². The highest BCUT2D eigenvalue weighted by Gasteiger charge is 2.31. The normalized spacial score (nSPS) is 16.8. The minimum Gasteiger partial charge on any atom is -0.348 e. The van der Waals surface area contributed by atoms with Crippen LogP contribution in [0, 0.1) is 26.3 Å². The van der Waals surface area contributed by atoms with Gasteiger partial charge in [0, 0.05) is 59.8 Å². The Morgan fingerprint density at radius 1 is 1.22 bits per heavy atom. The summed E-state index contributed by atoms with van der Waals surface area (Å²) in [6, 6.07) is 11.9. The summed E-state index contributed by atoms with van der Waals surface area (Å²) in [4.78, 5) is 18.2. The number of para-hydroxylation sites is 1. The lowest BCUT2D eigenvalue weighted by Gasteiger charge is -2.26. The van der Waals surface area contributed by atoms with Crippen LogP contribution in [0.15, 0.2) is 53.9 Å². The molecule has 7 heteroatoms. The van der Waals surface area contributed by atoms with E-state index in [0.29, 0.717) is 5.69 Å². The van der Waals surface area contributed by atoms with Gasteiger partial charge in [0.1, 0.15) is 5.82 Å². The summed E-state index contributed by atoms with van der Waals surface area (Å²) in [5.41, 5.74) is 5.61. The summed E-state index contributed by atoms with van der Waals surface area (Å²) < 4.78 is 4.42. The van der Waals surface area contributed by atoms with Gasteiger partial charge in [-0.25, -0.2) is 14.8 Å². The van der Waals surface area contributed by atoms with E-state index in [1.54, 1.807) is 12.1 Å². The minimum atomic E-state index is 0.155. The number of nitrogens with zero attached hydrogens (tertiary/aromatic N) is 6. The molecule has 0 saturated heterocycles. The van der Waals surface area contributed by atoms with Gasteiger partial charge in [-0.15, -0.1) is 0 Å². The van der Waals surface area contributed by atoms with Gasteiger partial charge in [-0.2, -0.15) is 0 Å². The van der Waals surface area contributed by atoms with Crippen molar-refractivity contribution < 1.29 is 4.84 Å². The molecule has 1 unspecified atom stereocenters. The van der Waals surface area contributed by atoms with Crippen LogP contribution in [-0.2, 0) is 20.0 Å². The summed E-state index contributed by atoms with van der Waals surface area (Å²) in [7, 11) is 2.11. The second kappa shape index (κ2) is 7.97. The maximum Gasteiger partial charge on any atom is 0.255 e. The number of pyridine rings is 1. The van der Waals surface area contributed by atoms with Crippen LogP contribution in [0.5, 0.6) is 5.88 Å². The highest BCUT2D eigenvalue weighted by atomic mass is 16.6. The van der Waals surface area contributed by atoms with Gasteiger partial charge in [-0.3, -0.25) is 0 Å². The lowest BCUT2D eigenvalue weighted by molar-refractivity contribution is 0.322. The molecule has 0 aliphatic heterocycles. The third-order valence-electron chi connectivity index (χ3n) is 6.27. The van der Waals surface area contributed by atoms with E-state index in [0.717, 1.165) is 42.2 Å². The van der Waals surface area contributed by atoms with Crippen molar-refractivity contribution in [3.63, 3.8) is 0 Å². The Kier molecular flexibility index (Phi) is 4.98. The molecule has 3 aromatic heterocycles. The number of hydrogen-bond acceptors (Lipinski definition) is 4. The van der Waals surface area contributed by atoms with Crippen molar-refractivity contribution in [2.45, 2.75) is 33.2 Å². The van der Waals surface area contributed by atoms with E-state index in [1.807, 2.05) is 26.2 Å². The molecule has 0 amide bonds. The van der Waals surface area contributed by atoms with Crippen LogP contribution in [-0.4, -0.2) is 24.8 Å². The third-order valence-corrected chi connectivity index (χ3v) is 6.27. The Morgan fingerprint density at radius 3 is 2.84 bits per heavy atom. The van der Waals surface area contributed by atoms with Gasteiger partial charge in [0.2, 0.25) is 0 Å². The van der Waals surface area contributed by atoms with Gasteiger partial charge in [0.15, 0.2) is 0 Å². The maximum atomic E-state index is 7.44. The predicted octanol–water partition coefficient (Wildman–Crippen LogP) is 4.98. The quantitative estimate of drug-likeness (QED) is 0.343. The first-order valence-corrected chi connectivity index (χ1v) is 10.7. The van der Waals surface area contributed by atoms with Gasteiger partial charge >= 0.3 is 0 Å². The number of benzene rings is 1. The predicted molar refractivity (Wildman–Crippen MR) is 124 cm³/mol. The van der Waals surface area contributed by atoms with Crippen molar-refractivity contribution in [1.29, 1.82) is 0 Å². The van der Waals surface area contributed by atoms with E-state index in [9.17, 15) is 0 Å². The molecule has 32 heavy (non-hydrogen) atoms. The van der Waals surface area contributed by atoms with E-state index >= 15 is 0 Å². The zero-order valence-electron chi connectivity index (χ0n) is 18.4. The number of imidazole rings is 1. The molecule has 0 bridgehead atoms. The van der Waals surface area contributed by atoms with E-state index in [-0.39, 0.29) is 11.8 Å². The van der Waals surface area contributed by atoms with Crippen LogP contribution in [0.1, 0.15) is 29.2 Å². The summed E-state index contributed by atoms with van der Waals surface area (Å²) in [6.45, 7) is 12.1. The Labute approximate surface area is 186 Å². The van der Waals surface area contributed by atoms with E-state index in [1.165, 1.54) is 16.6 Å². The standard InChI is InChI=1S/C25H24N6O/c1-16-9-11-20(26-3)25(28-16)32-29-24-18(15-31-14-13-27-17(31)2)10-12-22-23(24)19-7-5-6-8-21(19)30(22)4/h5-9,11,13-14,18H,10,12,15H2,1-2,4H3. The molecule has 0 spiro atoms. The highest BCUT2D eigenvalue weighted by Crippen LogP contribution is 2.35. The van der Waals surface area contributed by atoms with Gasteiger partial charge in [0.05, 0.1) is 12.3 Å². The molecule has 1 aromatic carbocycles. The molecule has 3 heterocycles. The molecule has 160 valence electrons. The molecule has 5 rings (SSSR count). The van der Waals surface area contributed by atoms with Crippen LogP contribution >= 0.6 is 0 Å². The fraction of sp³-hybridized carbons (Fsp3) is 0.280. The average Bonchev–Trinajstić information content (AvgIpc) is 3.34. The van der Waals surface area contributed by atoms with Crippen LogP contribution in [0.2, 0.25) is 0 Å². The first kappa shape index (κ1) is 20.0. The topological polar surface area (TPSA) is 61.6 Å². The molecular weight excluding hydrogens is 400 g/mol. The number of hydrogen-bond donors (Lipinski definition) is 0.